The minimum Gasteiger partial charge on any atom is -0.299 e. The number of carbonyl (C=O) groups excluding carboxylic acids is 2. The first-order valence-corrected chi connectivity index (χ1v) is 13.8. The molecule has 7 aliphatic rings. The fourth-order valence-electron chi connectivity index (χ4n) is 11.2. The molecule has 0 aromatic carbocycles. The van der Waals surface area contributed by atoms with E-state index < -0.39 is 0 Å². The molecule has 2 nitrogen and oxygen atoms in total. The average molecular weight is 409 g/mol. The summed E-state index contributed by atoms with van der Waals surface area (Å²) in [7, 11) is 0. The molecule has 0 spiro atoms. The summed E-state index contributed by atoms with van der Waals surface area (Å²) >= 11 is 0. The fourth-order valence-corrected chi connectivity index (χ4v) is 11.2. The van der Waals surface area contributed by atoms with Crippen molar-refractivity contribution in [2.45, 2.75) is 89.9 Å². The first-order valence-electron chi connectivity index (χ1n) is 13.8. The van der Waals surface area contributed by atoms with E-state index in [0.29, 0.717) is 41.2 Å². The zero-order chi connectivity index (χ0) is 20.0. The van der Waals surface area contributed by atoms with Crippen molar-refractivity contribution in [1.29, 1.82) is 0 Å². The van der Waals surface area contributed by atoms with Crippen LogP contribution < -0.4 is 0 Å². The summed E-state index contributed by atoms with van der Waals surface area (Å²) in [5.74, 6) is 9.09. The molecule has 0 bridgehead atoms. The van der Waals surface area contributed by atoms with Gasteiger partial charge in [-0.1, -0.05) is 25.7 Å². The Kier molecular flexibility index (Phi) is 4.35. The van der Waals surface area contributed by atoms with Crippen molar-refractivity contribution in [3.63, 3.8) is 0 Å². The third-order valence-electron chi connectivity index (χ3n) is 12.1. The summed E-state index contributed by atoms with van der Waals surface area (Å²) in [4.78, 5) is 26.9. The maximum absolute atomic E-state index is 13.5. The van der Waals surface area contributed by atoms with Crippen LogP contribution in [-0.4, -0.2) is 11.6 Å². The van der Waals surface area contributed by atoms with Gasteiger partial charge in [0.25, 0.3) is 0 Å². The Hall–Kier alpha value is -0.660. The van der Waals surface area contributed by atoms with Gasteiger partial charge in [-0.2, -0.15) is 0 Å². The smallest absolute Gasteiger partial charge is 0.139 e. The zero-order valence-corrected chi connectivity index (χ0v) is 18.6. The van der Waals surface area contributed by atoms with Crippen LogP contribution in [0.25, 0.3) is 0 Å². The SMILES string of the molecule is O=C1C2CCCCC2C2CC3CCC4C(CCC5C6CCCCC6C(=O)C54)C3CC12. The summed E-state index contributed by atoms with van der Waals surface area (Å²) in [6.07, 6.45) is 18.3. The van der Waals surface area contributed by atoms with Crippen molar-refractivity contribution >= 4 is 11.6 Å². The van der Waals surface area contributed by atoms with Gasteiger partial charge in [-0.3, -0.25) is 9.59 Å². The molecule has 0 heterocycles. The number of rotatable bonds is 0. The van der Waals surface area contributed by atoms with E-state index in [2.05, 4.69) is 0 Å². The van der Waals surface area contributed by atoms with E-state index in [4.69, 9.17) is 0 Å². The van der Waals surface area contributed by atoms with E-state index >= 15 is 0 Å². The summed E-state index contributed by atoms with van der Waals surface area (Å²) in [5, 5.41) is 0. The molecule has 0 saturated heterocycles. The molecule has 7 fully saturated rings. The van der Waals surface area contributed by atoms with E-state index in [-0.39, 0.29) is 0 Å². The summed E-state index contributed by atoms with van der Waals surface area (Å²) in [6, 6.07) is 0. The molecule has 0 aromatic heterocycles. The number of carbonyl (C=O) groups is 2. The average Bonchev–Trinajstić information content (AvgIpc) is 3.25. The normalized spacial score (nSPS) is 56.9. The van der Waals surface area contributed by atoms with Gasteiger partial charge >= 0.3 is 0 Å². The van der Waals surface area contributed by atoms with Crippen LogP contribution in [0.5, 0.6) is 0 Å². The molecule has 2 heteroatoms. The maximum atomic E-state index is 13.5. The minimum absolute atomic E-state index is 0.401. The van der Waals surface area contributed by atoms with Crippen LogP contribution in [-0.2, 0) is 9.59 Å². The Morgan fingerprint density at radius 2 is 1.03 bits per heavy atom. The molecule has 7 rings (SSSR count). The molecule has 30 heavy (non-hydrogen) atoms. The van der Waals surface area contributed by atoms with Crippen molar-refractivity contribution in [3.8, 4) is 0 Å². The molecular weight excluding hydrogens is 368 g/mol. The Labute approximate surface area is 182 Å². The molecule has 0 aliphatic heterocycles. The molecule has 7 saturated carbocycles. The minimum atomic E-state index is 0.401. The lowest BCUT2D eigenvalue weighted by molar-refractivity contribution is -0.133. The molecule has 12 unspecified atom stereocenters. The highest BCUT2D eigenvalue weighted by Crippen LogP contribution is 2.64. The molecule has 0 radical (unpaired) electrons. The molecule has 164 valence electrons. The second-order valence-electron chi connectivity index (χ2n) is 12.8. The van der Waals surface area contributed by atoms with Crippen molar-refractivity contribution in [3.05, 3.63) is 0 Å². The van der Waals surface area contributed by atoms with Crippen molar-refractivity contribution in [2.24, 2.45) is 71.0 Å². The quantitative estimate of drug-likeness (QED) is 0.487. The zero-order valence-electron chi connectivity index (χ0n) is 18.6. The highest BCUT2D eigenvalue weighted by atomic mass is 16.1. The van der Waals surface area contributed by atoms with Crippen molar-refractivity contribution < 1.29 is 9.59 Å². The van der Waals surface area contributed by atoms with Crippen LogP contribution in [0.3, 0.4) is 0 Å². The second kappa shape index (κ2) is 6.92. The number of fused-ring (bicyclic) bond motifs is 10. The van der Waals surface area contributed by atoms with Gasteiger partial charge in [-0.15, -0.1) is 0 Å². The molecular formula is C28H40O2. The van der Waals surface area contributed by atoms with Crippen LogP contribution in [0, 0.1) is 71.0 Å². The lowest BCUT2D eigenvalue weighted by atomic mass is 9.51. The predicted molar refractivity (Wildman–Crippen MR) is 117 cm³/mol. The fraction of sp³-hybridized carbons (Fsp3) is 0.929. The molecule has 0 aromatic rings. The Balaban J connectivity index is 1.15. The van der Waals surface area contributed by atoms with Crippen LogP contribution >= 0.6 is 0 Å². The van der Waals surface area contributed by atoms with Gasteiger partial charge in [0.05, 0.1) is 0 Å². The van der Waals surface area contributed by atoms with Crippen LogP contribution in [0.15, 0.2) is 0 Å². The van der Waals surface area contributed by atoms with Crippen LogP contribution in [0.4, 0.5) is 0 Å². The van der Waals surface area contributed by atoms with Gasteiger partial charge in [0.15, 0.2) is 0 Å². The first-order chi connectivity index (χ1) is 14.7. The third-order valence-corrected chi connectivity index (χ3v) is 12.1. The Bertz CT molecular complexity index is 737. The second-order valence-corrected chi connectivity index (χ2v) is 12.8. The monoisotopic (exact) mass is 408 g/mol. The lowest BCUT2D eigenvalue weighted by Crippen LogP contribution is -2.48. The van der Waals surface area contributed by atoms with E-state index in [1.165, 1.54) is 89.9 Å². The highest BCUT2D eigenvalue weighted by Gasteiger charge is 2.61. The molecule has 0 N–H and O–H groups in total. The number of hydrogen-bond donors (Lipinski definition) is 0. The molecule has 12 atom stereocenters. The van der Waals surface area contributed by atoms with Crippen LogP contribution in [0.2, 0.25) is 0 Å². The van der Waals surface area contributed by atoms with Crippen LogP contribution in [0.1, 0.15) is 89.9 Å². The van der Waals surface area contributed by atoms with E-state index in [1.807, 2.05) is 0 Å². The van der Waals surface area contributed by atoms with Crippen molar-refractivity contribution in [2.75, 3.05) is 0 Å². The summed E-state index contributed by atoms with van der Waals surface area (Å²) in [6.45, 7) is 0. The standard InChI is InChI=1S/C28H40O2/c29-27-21-7-3-2-6-17(21)24-13-15-9-10-19-18(23(15)14-25(24)27)11-12-20-16-5-1-4-8-22(16)28(30)26(19)20/h15-26H,1-14H2. The van der Waals surface area contributed by atoms with Gasteiger partial charge in [0.1, 0.15) is 11.6 Å². The Morgan fingerprint density at radius 1 is 0.433 bits per heavy atom. The van der Waals surface area contributed by atoms with E-state index in [1.54, 1.807) is 0 Å². The van der Waals surface area contributed by atoms with Gasteiger partial charge in [-0.05, 0) is 112 Å². The highest BCUT2D eigenvalue weighted by molar-refractivity contribution is 5.87. The summed E-state index contributed by atoms with van der Waals surface area (Å²) < 4.78 is 0. The Morgan fingerprint density at radius 3 is 1.83 bits per heavy atom. The van der Waals surface area contributed by atoms with Gasteiger partial charge < -0.3 is 0 Å². The largest absolute Gasteiger partial charge is 0.299 e. The topological polar surface area (TPSA) is 34.1 Å². The predicted octanol–water partition coefficient (Wildman–Crippen LogP) is 6.08. The molecule has 7 aliphatic carbocycles. The van der Waals surface area contributed by atoms with Gasteiger partial charge in [0, 0.05) is 23.7 Å². The molecule has 0 amide bonds. The number of ketones is 2. The van der Waals surface area contributed by atoms with E-state index in [0.717, 1.165) is 41.4 Å². The first kappa shape index (κ1) is 18.9. The summed E-state index contributed by atoms with van der Waals surface area (Å²) in [5.41, 5.74) is 0. The van der Waals surface area contributed by atoms with Gasteiger partial charge in [-0.25, -0.2) is 0 Å². The van der Waals surface area contributed by atoms with Crippen molar-refractivity contribution in [1.82, 2.24) is 0 Å². The van der Waals surface area contributed by atoms with Gasteiger partial charge in [0.2, 0.25) is 0 Å². The van der Waals surface area contributed by atoms with E-state index in [9.17, 15) is 9.59 Å². The maximum Gasteiger partial charge on any atom is 0.139 e. The number of hydrogen-bond acceptors (Lipinski definition) is 2. The third kappa shape index (κ3) is 2.49. The lowest BCUT2D eigenvalue weighted by Gasteiger charge is -2.53. The number of Topliss-reactive ketones (excluding diaryl/α,β-unsaturated/α-hetero) is 2.